The second-order valence-electron chi connectivity index (χ2n) is 6.80. The normalized spacial score (nSPS) is 11.5. The van der Waals surface area contributed by atoms with Gasteiger partial charge in [0, 0.05) is 13.1 Å². The van der Waals surface area contributed by atoms with Gasteiger partial charge in [-0.1, -0.05) is 6.07 Å². The largest absolute Gasteiger partial charge is 0.506 e. The lowest BCUT2D eigenvalue weighted by Gasteiger charge is -2.11. The lowest BCUT2D eigenvalue weighted by atomic mass is 10.1. The molecule has 0 bridgehead atoms. The average Bonchev–Trinajstić information content (AvgIpc) is 3.00. The van der Waals surface area contributed by atoms with Gasteiger partial charge in [0.05, 0.1) is 22.7 Å². The zero-order valence-electron chi connectivity index (χ0n) is 15.2. The third kappa shape index (κ3) is 2.91. The van der Waals surface area contributed by atoms with Gasteiger partial charge >= 0.3 is 5.69 Å². The zero-order valence-corrected chi connectivity index (χ0v) is 15.2. The van der Waals surface area contributed by atoms with E-state index in [4.69, 9.17) is 0 Å². The Bertz CT molecular complexity index is 1280. The molecule has 2 aromatic carbocycles. The van der Waals surface area contributed by atoms with Crippen molar-refractivity contribution in [1.82, 2.24) is 19.1 Å². The summed E-state index contributed by atoms with van der Waals surface area (Å²) in [6, 6.07) is 8.85. The van der Waals surface area contributed by atoms with E-state index in [1.165, 1.54) is 21.8 Å². The molecule has 0 saturated carbocycles. The summed E-state index contributed by atoms with van der Waals surface area (Å²) in [5, 5.41) is 10.5. The fourth-order valence-electron chi connectivity index (χ4n) is 3.44. The Labute approximate surface area is 154 Å². The van der Waals surface area contributed by atoms with Gasteiger partial charge in [0.2, 0.25) is 0 Å². The summed E-state index contributed by atoms with van der Waals surface area (Å²) in [6.45, 7) is 5.17. The molecule has 2 aromatic heterocycles. The maximum Gasteiger partial charge on any atom is 0.328 e. The Hall–Kier alpha value is -3.35. The summed E-state index contributed by atoms with van der Waals surface area (Å²) >= 11 is 0. The number of phenols is 1. The van der Waals surface area contributed by atoms with Crippen LogP contribution in [0, 0.1) is 13.8 Å². The van der Waals surface area contributed by atoms with Crippen molar-refractivity contribution in [3.8, 4) is 5.75 Å². The zero-order chi connectivity index (χ0) is 19.1. The minimum absolute atomic E-state index is 0.0742. The summed E-state index contributed by atoms with van der Waals surface area (Å²) in [5.74, 6) is -0.0742. The second kappa shape index (κ2) is 6.42. The number of hydrogen-bond donors (Lipinski definition) is 2. The Morgan fingerprint density at radius 2 is 1.89 bits per heavy atom. The molecule has 0 amide bonds. The Kier molecular flexibility index (Phi) is 4.07. The summed E-state index contributed by atoms with van der Waals surface area (Å²) < 4.78 is 3.47. The number of fused-ring (bicyclic) bond motifs is 2. The Morgan fingerprint density at radius 3 is 2.70 bits per heavy atom. The molecule has 7 nitrogen and oxygen atoms in total. The van der Waals surface area contributed by atoms with Crippen LogP contribution in [-0.4, -0.2) is 24.2 Å². The summed E-state index contributed by atoms with van der Waals surface area (Å²) in [6.07, 6.45) is 2.45. The van der Waals surface area contributed by atoms with Crippen LogP contribution in [0.1, 0.15) is 17.5 Å². The van der Waals surface area contributed by atoms with E-state index in [0.717, 1.165) is 11.0 Å². The molecule has 4 aromatic rings. The van der Waals surface area contributed by atoms with Crippen molar-refractivity contribution in [2.75, 3.05) is 0 Å². The first-order valence-electron chi connectivity index (χ1n) is 8.82. The van der Waals surface area contributed by atoms with Crippen LogP contribution in [0.5, 0.6) is 5.75 Å². The van der Waals surface area contributed by atoms with Crippen molar-refractivity contribution >= 4 is 21.9 Å². The number of phenolic OH excluding ortho intramolecular Hbond substituents is 1. The van der Waals surface area contributed by atoms with Crippen molar-refractivity contribution in [3.05, 3.63) is 68.6 Å². The van der Waals surface area contributed by atoms with E-state index in [0.29, 0.717) is 24.9 Å². The van der Waals surface area contributed by atoms with E-state index >= 15 is 0 Å². The standard InChI is InChI=1S/C20H20N4O3/c1-12-9-15-16(10-13(12)2)23(11-21-15)7-4-8-24-18-14(5-3-6-17(18)25)19(26)22-20(24)27/h3,5-6,9-11,25H,4,7-8H2,1-2H3,(H,22,26,27). The highest BCUT2D eigenvalue weighted by molar-refractivity contribution is 5.83. The SMILES string of the molecule is Cc1cc2ncn(CCCn3c(=O)[nH]c(=O)c4cccc(O)c43)c2cc1C. The highest BCUT2D eigenvalue weighted by Gasteiger charge is 2.11. The number of H-pyrrole nitrogens is 1. The minimum atomic E-state index is -0.518. The average molecular weight is 364 g/mol. The van der Waals surface area contributed by atoms with Crippen LogP contribution in [0.15, 0.2) is 46.2 Å². The monoisotopic (exact) mass is 364 g/mol. The number of aryl methyl sites for hydroxylation is 4. The van der Waals surface area contributed by atoms with E-state index < -0.39 is 11.2 Å². The van der Waals surface area contributed by atoms with Crippen molar-refractivity contribution in [2.45, 2.75) is 33.4 Å². The third-order valence-electron chi connectivity index (χ3n) is 5.01. The maximum atomic E-state index is 12.3. The van der Waals surface area contributed by atoms with Gasteiger partial charge < -0.3 is 9.67 Å². The third-order valence-corrected chi connectivity index (χ3v) is 5.01. The predicted molar refractivity (Wildman–Crippen MR) is 104 cm³/mol. The van der Waals surface area contributed by atoms with Gasteiger partial charge in [0.25, 0.3) is 5.56 Å². The van der Waals surface area contributed by atoms with Crippen LogP contribution < -0.4 is 11.2 Å². The Morgan fingerprint density at radius 1 is 1.11 bits per heavy atom. The molecular weight excluding hydrogens is 344 g/mol. The number of aromatic hydroxyl groups is 1. The molecular formula is C20H20N4O3. The van der Waals surface area contributed by atoms with Crippen LogP contribution in [0.25, 0.3) is 21.9 Å². The number of para-hydroxylation sites is 1. The molecule has 0 spiro atoms. The van der Waals surface area contributed by atoms with Crippen molar-refractivity contribution < 1.29 is 5.11 Å². The van der Waals surface area contributed by atoms with E-state index in [2.05, 4.69) is 40.5 Å². The highest BCUT2D eigenvalue weighted by atomic mass is 16.3. The fraction of sp³-hybridized carbons (Fsp3) is 0.250. The van der Waals surface area contributed by atoms with E-state index in [-0.39, 0.29) is 11.3 Å². The topological polar surface area (TPSA) is 92.9 Å². The number of benzene rings is 2. The van der Waals surface area contributed by atoms with Gasteiger partial charge in [-0.2, -0.15) is 0 Å². The van der Waals surface area contributed by atoms with E-state index in [1.54, 1.807) is 18.5 Å². The van der Waals surface area contributed by atoms with Gasteiger partial charge in [-0.05, 0) is 55.7 Å². The van der Waals surface area contributed by atoms with Crippen LogP contribution in [-0.2, 0) is 13.1 Å². The van der Waals surface area contributed by atoms with E-state index in [9.17, 15) is 14.7 Å². The first-order chi connectivity index (χ1) is 13.0. The highest BCUT2D eigenvalue weighted by Crippen LogP contribution is 2.21. The number of aromatic amines is 1. The predicted octanol–water partition coefficient (Wildman–Crippen LogP) is 2.45. The molecule has 0 saturated heterocycles. The summed E-state index contributed by atoms with van der Waals surface area (Å²) in [4.78, 5) is 31.0. The maximum absolute atomic E-state index is 12.3. The van der Waals surface area contributed by atoms with Gasteiger partial charge in [-0.3, -0.25) is 14.3 Å². The van der Waals surface area contributed by atoms with Gasteiger partial charge in [0.15, 0.2) is 0 Å². The second-order valence-corrected chi connectivity index (χ2v) is 6.80. The number of nitrogens with zero attached hydrogens (tertiary/aromatic N) is 3. The molecule has 4 rings (SSSR count). The van der Waals surface area contributed by atoms with Crippen molar-refractivity contribution in [1.29, 1.82) is 0 Å². The number of hydrogen-bond acceptors (Lipinski definition) is 4. The minimum Gasteiger partial charge on any atom is -0.506 e. The van der Waals surface area contributed by atoms with Crippen LogP contribution in [0.2, 0.25) is 0 Å². The molecule has 0 aliphatic heterocycles. The Balaban J connectivity index is 1.65. The number of imidazole rings is 1. The molecule has 0 atom stereocenters. The molecule has 0 radical (unpaired) electrons. The van der Waals surface area contributed by atoms with E-state index in [1.807, 2.05) is 0 Å². The number of aromatic nitrogens is 4. The number of nitrogens with one attached hydrogen (secondary N) is 1. The molecule has 2 heterocycles. The summed E-state index contributed by atoms with van der Waals surface area (Å²) in [7, 11) is 0. The molecule has 0 unspecified atom stereocenters. The first-order valence-corrected chi connectivity index (χ1v) is 8.82. The quantitative estimate of drug-likeness (QED) is 0.582. The fourth-order valence-corrected chi connectivity index (χ4v) is 3.44. The molecule has 27 heavy (non-hydrogen) atoms. The van der Waals surface area contributed by atoms with Crippen LogP contribution in [0.4, 0.5) is 0 Å². The lowest BCUT2D eigenvalue weighted by Crippen LogP contribution is -2.30. The van der Waals surface area contributed by atoms with Crippen molar-refractivity contribution in [3.63, 3.8) is 0 Å². The summed E-state index contributed by atoms with van der Waals surface area (Å²) in [5.41, 5.74) is 3.67. The van der Waals surface area contributed by atoms with Gasteiger partial charge in [-0.15, -0.1) is 0 Å². The molecule has 0 aliphatic rings. The first kappa shape index (κ1) is 17.1. The molecule has 0 aliphatic carbocycles. The molecule has 138 valence electrons. The lowest BCUT2D eigenvalue weighted by molar-refractivity contribution is 0.473. The molecule has 0 fully saturated rings. The van der Waals surface area contributed by atoms with Gasteiger partial charge in [0.1, 0.15) is 11.3 Å². The van der Waals surface area contributed by atoms with Crippen molar-refractivity contribution in [2.24, 2.45) is 0 Å². The molecule has 7 heteroatoms. The smallest absolute Gasteiger partial charge is 0.328 e. The molecule has 2 N–H and O–H groups in total. The van der Waals surface area contributed by atoms with Crippen LogP contribution in [0.3, 0.4) is 0 Å². The van der Waals surface area contributed by atoms with Gasteiger partial charge in [-0.25, -0.2) is 9.78 Å². The van der Waals surface area contributed by atoms with Crippen LogP contribution >= 0.6 is 0 Å². The number of rotatable bonds is 4.